The summed E-state index contributed by atoms with van der Waals surface area (Å²) in [6.07, 6.45) is 0. The second-order valence-corrected chi connectivity index (χ2v) is 3.97. The van der Waals surface area contributed by atoms with Gasteiger partial charge in [-0.05, 0) is 19.1 Å². The van der Waals surface area contributed by atoms with Crippen LogP contribution in [0.2, 0.25) is 0 Å². The van der Waals surface area contributed by atoms with Gasteiger partial charge in [-0.3, -0.25) is 0 Å². The Balaban J connectivity index is 2.64. The summed E-state index contributed by atoms with van der Waals surface area (Å²) in [5, 5.41) is 0. The second kappa shape index (κ2) is 6.45. The van der Waals surface area contributed by atoms with Gasteiger partial charge in [-0.25, -0.2) is 0 Å². The third-order valence-electron chi connectivity index (χ3n) is 2.35. The highest BCUT2D eigenvalue weighted by molar-refractivity contribution is 7.80. The average Bonchev–Trinajstić information content (AvgIpc) is 2.29. The quantitative estimate of drug-likeness (QED) is 0.606. The van der Waals surface area contributed by atoms with Crippen molar-refractivity contribution in [2.75, 3.05) is 31.7 Å². The minimum Gasteiger partial charge on any atom is -0.389 e. The van der Waals surface area contributed by atoms with E-state index in [2.05, 4.69) is 4.90 Å². The maximum atomic E-state index is 5.59. The van der Waals surface area contributed by atoms with Crippen molar-refractivity contribution in [2.24, 2.45) is 5.73 Å². The fraction of sp³-hybridized carbons (Fsp3) is 0.417. The van der Waals surface area contributed by atoms with Crippen LogP contribution in [-0.4, -0.2) is 31.8 Å². The van der Waals surface area contributed by atoms with Gasteiger partial charge in [0.05, 0.1) is 6.61 Å². The van der Waals surface area contributed by atoms with Crippen molar-refractivity contribution in [3.8, 4) is 0 Å². The third kappa shape index (κ3) is 3.79. The minimum atomic E-state index is 0.431. The molecular formula is C12H18N2OS. The van der Waals surface area contributed by atoms with Gasteiger partial charge in [-0.1, -0.05) is 24.4 Å². The topological polar surface area (TPSA) is 38.5 Å². The fourth-order valence-corrected chi connectivity index (χ4v) is 1.50. The largest absolute Gasteiger partial charge is 0.389 e. The summed E-state index contributed by atoms with van der Waals surface area (Å²) in [6.45, 7) is 4.33. The van der Waals surface area contributed by atoms with Crippen LogP contribution in [0.25, 0.3) is 0 Å². The molecule has 0 aliphatic carbocycles. The summed E-state index contributed by atoms with van der Waals surface area (Å²) in [7, 11) is 2.03. The normalized spacial score (nSPS) is 10.1. The highest BCUT2D eigenvalue weighted by Gasteiger charge is 2.02. The molecule has 1 aromatic rings. The number of nitrogens with two attached hydrogens (primary N) is 1. The summed E-state index contributed by atoms with van der Waals surface area (Å²) >= 11 is 4.95. The molecule has 0 radical (unpaired) electrons. The molecule has 0 bridgehead atoms. The molecule has 0 unspecified atom stereocenters. The van der Waals surface area contributed by atoms with E-state index in [1.807, 2.05) is 38.2 Å². The number of nitrogens with zero attached hydrogens (tertiary/aromatic N) is 1. The predicted octanol–water partition coefficient (Wildman–Crippen LogP) is 1.79. The molecule has 2 N–H and O–H groups in total. The lowest BCUT2D eigenvalue weighted by molar-refractivity contribution is 0.154. The summed E-state index contributed by atoms with van der Waals surface area (Å²) in [4.78, 5) is 2.55. The van der Waals surface area contributed by atoms with Crippen molar-refractivity contribution < 1.29 is 4.74 Å². The Morgan fingerprint density at radius 2 is 2.25 bits per heavy atom. The van der Waals surface area contributed by atoms with Crippen molar-refractivity contribution in [3.63, 3.8) is 0 Å². The second-order valence-electron chi connectivity index (χ2n) is 3.53. The van der Waals surface area contributed by atoms with Crippen molar-refractivity contribution in [2.45, 2.75) is 6.92 Å². The number of anilines is 1. The number of benzene rings is 1. The van der Waals surface area contributed by atoms with Gasteiger partial charge in [0.15, 0.2) is 0 Å². The Labute approximate surface area is 102 Å². The highest BCUT2D eigenvalue weighted by Crippen LogP contribution is 2.14. The molecular weight excluding hydrogens is 220 g/mol. The standard InChI is InChI=1S/C12H18N2OS/c1-3-15-8-7-14(2)11-6-4-5-10(9-11)12(13)16/h4-6,9H,3,7-8H2,1-2H3,(H2,13,16). The average molecular weight is 238 g/mol. The first-order valence-electron chi connectivity index (χ1n) is 5.34. The molecule has 0 saturated carbocycles. The first-order chi connectivity index (χ1) is 7.65. The Hall–Kier alpha value is -1.13. The maximum absolute atomic E-state index is 5.59. The maximum Gasteiger partial charge on any atom is 0.104 e. The molecule has 0 aliphatic rings. The first kappa shape index (κ1) is 12.9. The van der Waals surface area contributed by atoms with E-state index < -0.39 is 0 Å². The number of hydrogen-bond donors (Lipinski definition) is 1. The van der Waals surface area contributed by atoms with Crippen molar-refractivity contribution >= 4 is 22.9 Å². The summed E-state index contributed by atoms with van der Waals surface area (Å²) in [5.74, 6) is 0. The van der Waals surface area contributed by atoms with Crippen LogP contribution in [0.5, 0.6) is 0 Å². The lowest BCUT2D eigenvalue weighted by atomic mass is 10.2. The Morgan fingerprint density at radius 1 is 1.50 bits per heavy atom. The molecule has 0 atom stereocenters. The molecule has 0 fully saturated rings. The van der Waals surface area contributed by atoms with Gasteiger partial charge in [-0.2, -0.15) is 0 Å². The van der Waals surface area contributed by atoms with E-state index >= 15 is 0 Å². The minimum absolute atomic E-state index is 0.431. The molecule has 0 spiro atoms. The van der Waals surface area contributed by atoms with Crippen LogP contribution < -0.4 is 10.6 Å². The van der Waals surface area contributed by atoms with Crippen molar-refractivity contribution in [3.05, 3.63) is 29.8 Å². The van der Waals surface area contributed by atoms with Crippen LogP contribution >= 0.6 is 12.2 Å². The van der Waals surface area contributed by atoms with E-state index in [1.165, 1.54) is 0 Å². The molecule has 16 heavy (non-hydrogen) atoms. The molecule has 0 aromatic heterocycles. The van der Waals surface area contributed by atoms with Crippen LogP contribution in [-0.2, 0) is 4.74 Å². The fourth-order valence-electron chi connectivity index (χ4n) is 1.37. The first-order valence-corrected chi connectivity index (χ1v) is 5.74. The molecule has 4 heteroatoms. The van der Waals surface area contributed by atoms with E-state index in [0.717, 1.165) is 31.0 Å². The SMILES string of the molecule is CCOCCN(C)c1cccc(C(N)=S)c1. The molecule has 0 saturated heterocycles. The zero-order valence-electron chi connectivity index (χ0n) is 9.77. The summed E-state index contributed by atoms with van der Waals surface area (Å²) in [6, 6.07) is 7.91. The van der Waals surface area contributed by atoms with Gasteiger partial charge in [-0.15, -0.1) is 0 Å². The molecule has 0 aliphatic heterocycles. The molecule has 0 heterocycles. The van der Waals surface area contributed by atoms with E-state index in [4.69, 9.17) is 22.7 Å². The van der Waals surface area contributed by atoms with Crippen LogP contribution in [0.3, 0.4) is 0 Å². The predicted molar refractivity (Wildman–Crippen MR) is 72.1 cm³/mol. The van der Waals surface area contributed by atoms with Gasteiger partial charge in [0.1, 0.15) is 4.99 Å². The van der Waals surface area contributed by atoms with Crippen molar-refractivity contribution in [1.82, 2.24) is 0 Å². The van der Waals surface area contributed by atoms with Gasteiger partial charge in [0.2, 0.25) is 0 Å². The summed E-state index contributed by atoms with van der Waals surface area (Å²) in [5.41, 5.74) is 7.59. The molecule has 88 valence electrons. The van der Waals surface area contributed by atoms with Gasteiger partial charge >= 0.3 is 0 Å². The summed E-state index contributed by atoms with van der Waals surface area (Å²) < 4.78 is 5.31. The molecule has 1 rings (SSSR count). The zero-order valence-corrected chi connectivity index (χ0v) is 10.6. The van der Waals surface area contributed by atoms with Gasteiger partial charge in [0, 0.05) is 31.5 Å². The number of likely N-dealkylation sites (N-methyl/N-ethyl adjacent to an activating group) is 1. The van der Waals surface area contributed by atoms with Crippen LogP contribution in [0, 0.1) is 0 Å². The van der Waals surface area contributed by atoms with E-state index in [9.17, 15) is 0 Å². The van der Waals surface area contributed by atoms with Crippen LogP contribution in [0.1, 0.15) is 12.5 Å². The van der Waals surface area contributed by atoms with Gasteiger partial charge < -0.3 is 15.4 Å². The Bertz CT molecular complexity index is 355. The lowest BCUT2D eigenvalue weighted by Gasteiger charge is -2.19. The Kier molecular flexibility index (Phi) is 5.22. The lowest BCUT2D eigenvalue weighted by Crippen LogP contribution is -2.23. The number of ether oxygens (including phenoxy) is 1. The number of rotatable bonds is 6. The molecule has 3 nitrogen and oxygen atoms in total. The molecule has 0 amide bonds. The molecule has 1 aromatic carbocycles. The van der Waals surface area contributed by atoms with Crippen molar-refractivity contribution in [1.29, 1.82) is 0 Å². The van der Waals surface area contributed by atoms with Gasteiger partial charge in [0.25, 0.3) is 0 Å². The number of hydrogen-bond acceptors (Lipinski definition) is 3. The van der Waals surface area contributed by atoms with E-state index in [1.54, 1.807) is 0 Å². The van der Waals surface area contributed by atoms with E-state index in [0.29, 0.717) is 4.99 Å². The number of thiocarbonyl (C=S) groups is 1. The van der Waals surface area contributed by atoms with E-state index in [-0.39, 0.29) is 0 Å². The monoisotopic (exact) mass is 238 g/mol. The Morgan fingerprint density at radius 3 is 2.88 bits per heavy atom. The van der Waals surface area contributed by atoms with Crippen LogP contribution in [0.15, 0.2) is 24.3 Å². The zero-order chi connectivity index (χ0) is 12.0. The smallest absolute Gasteiger partial charge is 0.104 e. The van der Waals surface area contributed by atoms with Crippen LogP contribution in [0.4, 0.5) is 5.69 Å². The third-order valence-corrected chi connectivity index (χ3v) is 2.58. The highest BCUT2D eigenvalue weighted by atomic mass is 32.1.